The minimum atomic E-state index is -0.413. The number of carbonyl (C=O) groups is 2. The van der Waals surface area contributed by atoms with Gasteiger partial charge in [0.05, 0.1) is 12.7 Å². The van der Waals surface area contributed by atoms with Crippen LogP contribution in [0.4, 0.5) is 5.69 Å². The van der Waals surface area contributed by atoms with Crippen LogP contribution in [0.25, 0.3) is 0 Å². The van der Waals surface area contributed by atoms with Crippen molar-refractivity contribution >= 4 is 17.4 Å². The lowest BCUT2D eigenvalue weighted by Crippen LogP contribution is -2.36. The Hall–Kier alpha value is -3.34. The highest BCUT2D eigenvalue weighted by atomic mass is 16.5. The molecule has 2 aromatic carbocycles. The molecule has 2 atom stereocenters. The van der Waals surface area contributed by atoms with Crippen molar-refractivity contribution in [3.8, 4) is 0 Å². The van der Waals surface area contributed by atoms with Gasteiger partial charge < -0.3 is 15.0 Å². The van der Waals surface area contributed by atoms with Crippen LogP contribution < -0.4 is 10.2 Å². The van der Waals surface area contributed by atoms with Crippen molar-refractivity contribution < 1.29 is 14.3 Å². The highest BCUT2D eigenvalue weighted by Crippen LogP contribution is 2.46. The Bertz CT molecular complexity index is 1130. The quantitative estimate of drug-likeness (QED) is 0.719. The van der Waals surface area contributed by atoms with E-state index in [0.29, 0.717) is 17.6 Å². The van der Waals surface area contributed by atoms with Crippen molar-refractivity contribution in [3.05, 3.63) is 87.8 Å². The van der Waals surface area contributed by atoms with Crippen LogP contribution in [-0.4, -0.2) is 33.0 Å². The van der Waals surface area contributed by atoms with Crippen molar-refractivity contribution in [2.45, 2.75) is 38.5 Å². The Balaban J connectivity index is 1.77. The van der Waals surface area contributed by atoms with Gasteiger partial charge in [0, 0.05) is 49.1 Å². The number of nitrogens with one attached hydrogen (secondary N) is 1. The molecule has 4 rings (SSSR count). The molecular weight excluding hydrogens is 400 g/mol. The maximum atomic E-state index is 13.6. The lowest BCUT2D eigenvalue weighted by Gasteiger charge is -2.37. The lowest BCUT2D eigenvalue weighted by atomic mass is 9.71. The smallest absolute Gasteiger partial charge is 0.336 e. The molecule has 0 saturated carbocycles. The standard InChI is InChI=1S/C27H30N2O3/c1-16-8-6-7-9-21(16)25-24(27(31)32-5)17(2)28-22-14-19(15-23(30)26(22)25)18-10-12-20(13-11-18)29(3)4/h6-13,19,25,28H,14-15H2,1-5H3/t19-,25+/m0/s1. The van der Waals surface area contributed by atoms with Crippen molar-refractivity contribution in [1.82, 2.24) is 5.32 Å². The fraction of sp³-hybridized carbons (Fsp3) is 0.333. The number of hydrogen-bond donors (Lipinski definition) is 1. The molecule has 1 aliphatic carbocycles. The Morgan fingerprint density at radius 2 is 1.72 bits per heavy atom. The number of dihydropyridines is 1. The summed E-state index contributed by atoms with van der Waals surface area (Å²) in [5, 5.41) is 3.39. The Morgan fingerprint density at radius 1 is 1.03 bits per heavy atom. The van der Waals surface area contributed by atoms with E-state index >= 15 is 0 Å². The third kappa shape index (κ3) is 3.83. The zero-order valence-corrected chi connectivity index (χ0v) is 19.4. The summed E-state index contributed by atoms with van der Waals surface area (Å²) in [6.45, 7) is 3.91. The summed E-state index contributed by atoms with van der Waals surface area (Å²) in [7, 11) is 5.42. The zero-order valence-electron chi connectivity index (χ0n) is 19.4. The van der Waals surface area contributed by atoms with Crippen molar-refractivity contribution in [2.24, 2.45) is 0 Å². The number of hydrogen-bond acceptors (Lipinski definition) is 5. The molecule has 0 fully saturated rings. The third-order valence-electron chi connectivity index (χ3n) is 6.61. The molecule has 5 heteroatoms. The van der Waals surface area contributed by atoms with Gasteiger partial charge >= 0.3 is 5.97 Å². The molecule has 2 aliphatic rings. The molecule has 0 radical (unpaired) electrons. The molecule has 1 N–H and O–H groups in total. The van der Waals surface area contributed by atoms with Crippen LogP contribution in [0.3, 0.4) is 0 Å². The van der Waals surface area contributed by atoms with Crippen LogP contribution >= 0.6 is 0 Å². The van der Waals surface area contributed by atoms with Gasteiger partial charge in [0.2, 0.25) is 0 Å². The average molecular weight is 431 g/mol. The van der Waals surface area contributed by atoms with Gasteiger partial charge in [0.1, 0.15) is 0 Å². The van der Waals surface area contributed by atoms with E-state index in [1.807, 2.05) is 52.2 Å². The Labute approximate surface area is 189 Å². The second kappa shape index (κ2) is 8.65. The molecule has 1 heterocycles. The van der Waals surface area contributed by atoms with Crippen molar-refractivity contribution in [1.29, 1.82) is 0 Å². The van der Waals surface area contributed by atoms with Gasteiger partial charge in [0.15, 0.2) is 5.78 Å². The number of methoxy groups -OCH3 is 1. The summed E-state index contributed by atoms with van der Waals surface area (Å²) in [4.78, 5) is 28.4. The second-order valence-corrected chi connectivity index (χ2v) is 8.85. The van der Waals surface area contributed by atoms with E-state index in [9.17, 15) is 9.59 Å². The van der Waals surface area contributed by atoms with E-state index in [2.05, 4.69) is 34.5 Å². The molecule has 5 nitrogen and oxygen atoms in total. The number of benzene rings is 2. The number of rotatable bonds is 4. The first-order valence-electron chi connectivity index (χ1n) is 11.0. The molecule has 32 heavy (non-hydrogen) atoms. The predicted octanol–water partition coefficient (Wildman–Crippen LogP) is 4.60. The number of carbonyl (C=O) groups excluding carboxylic acids is 2. The summed E-state index contributed by atoms with van der Waals surface area (Å²) in [6.07, 6.45) is 1.16. The maximum Gasteiger partial charge on any atom is 0.336 e. The minimum Gasteiger partial charge on any atom is -0.466 e. The second-order valence-electron chi connectivity index (χ2n) is 8.85. The SMILES string of the molecule is COC(=O)C1=C(C)NC2=C(C(=O)C[C@@H](c3ccc(N(C)C)cc3)C2)[C@@H]1c1ccccc1C. The Kier molecular flexibility index (Phi) is 5.92. The molecular formula is C27H30N2O3. The number of esters is 1. The minimum absolute atomic E-state index is 0.0857. The van der Waals surface area contributed by atoms with E-state index in [-0.39, 0.29) is 11.7 Å². The molecule has 2 aromatic rings. The van der Waals surface area contributed by atoms with Gasteiger partial charge in [0.25, 0.3) is 0 Å². The third-order valence-corrected chi connectivity index (χ3v) is 6.61. The maximum absolute atomic E-state index is 13.6. The number of allylic oxidation sites excluding steroid dienone is 3. The number of aryl methyl sites for hydroxylation is 1. The van der Waals surface area contributed by atoms with Gasteiger partial charge in [-0.2, -0.15) is 0 Å². The number of Topliss-reactive ketones (excluding diaryl/α,β-unsaturated/α-hetero) is 1. The van der Waals surface area contributed by atoms with Gasteiger partial charge in [-0.25, -0.2) is 4.79 Å². The number of ketones is 1. The lowest BCUT2D eigenvalue weighted by molar-refractivity contribution is -0.136. The summed E-state index contributed by atoms with van der Waals surface area (Å²) in [5.41, 5.74) is 7.20. The van der Waals surface area contributed by atoms with E-state index < -0.39 is 11.9 Å². The molecule has 0 saturated heterocycles. The highest BCUT2D eigenvalue weighted by molar-refractivity contribution is 6.04. The van der Waals surface area contributed by atoms with Crippen LogP contribution in [-0.2, 0) is 14.3 Å². The molecule has 166 valence electrons. The normalized spacial score (nSPS) is 20.6. The van der Waals surface area contributed by atoms with Crippen LogP contribution in [0.2, 0.25) is 0 Å². The summed E-state index contributed by atoms with van der Waals surface area (Å²) >= 11 is 0. The van der Waals surface area contributed by atoms with Crippen LogP contribution in [0, 0.1) is 6.92 Å². The zero-order chi connectivity index (χ0) is 23.0. The summed E-state index contributed by atoms with van der Waals surface area (Å²) in [6, 6.07) is 16.4. The van der Waals surface area contributed by atoms with Crippen LogP contribution in [0.5, 0.6) is 0 Å². The van der Waals surface area contributed by atoms with Crippen LogP contribution in [0.15, 0.2) is 71.1 Å². The van der Waals surface area contributed by atoms with E-state index in [0.717, 1.165) is 40.2 Å². The molecule has 1 aliphatic heterocycles. The van der Waals surface area contributed by atoms with Gasteiger partial charge in [-0.3, -0.25) is 4.79 Å². The monoisotopic (exact) mass is 430 g/mol. The summed E-state index contributed by atoms with van der Waals surface area (Å²) in [5.74, 6) is -0.619. The first kappa shape index (κ1) is 21.9. The Morgan fingerprint density at radius 3 is 2.34 bits per heavy atom. The van der Waals surface area contributed by atoms with Gasteiger partial charge in [-0.15, -0.1) is 0 Å². The number of ether oxygens (including phenoxy) is 1. The highest BCUT2D eigenvalue weighted by Gasteiger charge is 2.41. The molecule has 0 aromatic heterocycles. The number of anilines is 1. The van der Waals surface area contributed by atoms with Crippen molar-refractivity contribution in [2.75, 3.05) is 26.1 Å². The average Bonchev–Trinajstić information content (AvgIpc) is 2.78. The predicted molar refractivity (Wildman–Crippen MR) is 127 cm³/mol. The van der Waals surface area contributed by atoms with Crippen LogP contribution in [0.1, 0.15) is 48.3 Å². The fourth-order valence-corrected chi connectivity index (χ4v) is 4.92. The van der Waals surface area contributed by atoms with E-state index in [4.69, 9.17) is 4.74 Å². The topological polar surface area (TPSA) is 58.6 Å². The van der Waals surface area contributed by atoms with E-state index in [1.165, 1.54) is 7.11 Å². The largest absolute Gasteiger partial charge is 0.466 e. The van der Waals surface area contributed by atoms with E-state index in [1.54, 1.807) is 0 Å². The van der Waals surface area contributed by atoms with Crippen molar-refractivity contribution in [3.63, 3.8) is 0 Å². The fourth-order valence-electron chi connectivity index (χ4n) is 4.92. The molecule has 0 amide bonds. The first-order valence-corrected chi connectivity index (χ1v) is 11.0. The molecule has 0 bridgehead atoms. The molecule has 0 spiro atoms. The molecule has 0 unspecified atom stereocenters. The summed E-state index contributed by atoms with van der Waals surface area (Å²) < 4.78 is 5.11. The number of nitrogens with zero attached hydrogens (tertiary/aromatic N) is 1. The first-order chi connectivity index (χ1) is 15.3. The van der Waals surface area contributed by atoms with Gasteiger partial charge in [-0.05, 0) is 55.0 Å². The van der Waals surface area contributed by atoms with Gasteiger partial charge in [-0.1, -0.05) is 36.4 Å².